The number of hydrogen-bond acceptors (Lipinski definition) is 4. The SMILES string of the molecule is Cc1[nH][n+](P)c(N2C(=O)c3ccccc3C2=O)c1[N+](=O)[O-]. The van der Waals surface area contributed by atoms with Crippen molar-refractivity contribution in [2.45, 2.75) is 6.92 Å². The van der Waals surface area contributed by atoms with E-state index >= 15 is 0 Å². The first-order chi connectivity index (χ1) is 9.93. The molecule has 2 aromatic rings. The predicted octanol–water partition coefficient (Wildman–Crippen LogP) is 0.958. The molecule has 1 aromatic heterocycles. The van der Waals surface area contributed by atoms with E-state index in [-0.39, 0.29) is 28.3 Å². The van der Waals surface area contributed by atoms with Crippen molar-refractivity contribution in [3.8, 4) is 0 Å². The number of aryl methyl sites for hydroxylation is 1. The zero-order valence-corrected chi connectivity index (χ0v) is 12.0. The summed E-state index contributed by atoms with van der Waals surface area (Å²) in [6.07, 6.45) is 0. The molecule has 1 aliphatic rings. The normalized spacial score (nSPS) is 13.7. The highest BCUT2D eigenvalue weighted by molar-refractivity contribution is 7.07. The fourth-order valence-electron chi connectivity index (χ4n) is 2.38. The second kappa shape index (κ2) is 4.46. The molecule has 0 saturated carbocycles. The number of nitrogens with zero attached hydrogens (tertiary/aromatic N) is 3. The molecule has 1 aromatic carbocycles. The highest BCUT2D eigenvalue weighted by Crippen LogP contribution is 2.34. The Hall–Kier alpha value is -2.60. The lowest BCUT2D eigenvalue weighted by Crippen LogP contribution is -2.39. The third-order valence-electron chi connectivity index (χ3n) is 3.27. The number of carbonyl (C=O) groups is 2. The standard InChI is InChI=1S/C12H9N4O4P/c1-6-9(16(19)20)10(15(21)13-6)14-11(17)7-4-2-3-5-8(7)12(14)18/h2-5H,21H2,1H3/p+1. The fraction of sp³-hybridized carbons (Fsp3) is 0.0833. The molecule has 8 nitrogen and oxygen atoms in total. The van der Waals surface area contributed by atoms with E-state index < -0.39 is 16.7 Å². The summed E-state index contributed by atoms with van der Waals surface area (Å²) >= 11 is 0. The van der Waals surface area contributed by atoms with Crippen molar-refractivity contribution in [3.63, 3.8) is 0 Å². The van der Waals surface area contributed by atoms with Crippen LogP contribution in [0.4, 0.5) is 11.5 Å². The van der Waals surface area contributed by atoms with Crippen LogP contribution in [0, 0.1) is 17.0 Å². The molecule has 3 rings (SSSR count). The van der Waals surface area contributed by atoms with E-state index in [0.717, 1.165) is 4.90 Å². The minimum Gasteiger partial charge on any atom is -0.258 e. The van der Waals surface area contributed by atoms with Crippen molar-refractivity contribution in [1.29, 1.82) is 0 Å². The Labute approximate surface area is 120 Å². The van der Waals surface area contributed by atoms with Gasteiger partial charge in [0.05, 0.1) is 25.4 Å². The van der Waals surface area contributed by atoms with Crippen molar-refractivity contribution in [3.05, 3.63) is 51.2 Å². The number of benzene rings is 1. The average molecular weight is 305 g/mol. The van der Waals surface area contributed by atoms with E-state index in [0.29, 0.717) is 0 Å². The van der Waals surface area contributed by atoms with Crippen LogP contribution < -0.4 is 9.35 Å². The van der Waals surface area contributed by atoms with E-state index in [1.54, 1.807) is 12.1 Å². The molecular weight excluding hydrogens is 295 g/mol. The number of amides is 2. The molecule has 0 spiro atoms. The predicted molar refractivity (Wildman–Crippen MR) is 75.1 cm³/mol. The van der Waals surface area contributed by atoms with Gasteiger partial charge in [-0.2, -0.15) is 0 Å². The summed E-state index contributed by atoms with van der Waals surface area (Å²) in [6.45, 7) is 1.50. The van der Waals surface area contributed by atoms with E-state index in [1.807, 2.05) is 0 Å². The van der Waals surface area contributed by atoms with Gasteiger partial charge in [0.2, 0.25) is 0 Å². The quantitative estimate of drug-likeness (QED) is 0.386. The maximum Gasteiger partial charge on any atom is 0.394 e. The monoisotopic (exact) mass is 305 g/mol. The van der Waals surface area contributed by atoms with Crippen molar-refractivity contribution < 1.29 is 19.0 Å². The van der Waals surface area contributed by atoms with E-state index in [2.05, 4.69) is 14.5 Å². The van der Waals surface area contributed by atoms with E-state index in [4.69, 9.17) is 0 Å². The van der Waals surface area contributed by atoms with Gasteiger partial charge in [0, 0.05) is 0 Å². The van der Waals surface area contributed by atoms with E-state index in [9.17, 15) is 19.7 Å². The van der Waals surface area contributed by atoms with Gasteiger partial charge in [0.25, 0.3) is 0 Å². The first kappa shape index (κ1) is 13.4. The third-order valence-corrected chi connectivity index (χ3v) is 3.65. The Bertz CT molecular complexity index is 779. The van der Waals surface area contributed by atoms with Crippen LogP contribution in [0.25, 0.3) is 0 Å². The van der Waals surface area contributed by atoms with Crippen LogP contribution in [0.2, 0.25) is 0 Å². The van der Waals surface area contributed by atoms with Gasteiger partial charge < -0.3 is 0 Å². The smallest absolute Gasteiger partial charge is 0.258 e. The molecule has 1 atom stereocenters. The lowest BCUT2D eigenvalue weighted by atomic mass is 10.1. The lowest BCUT2D eigenvalue weighted by Gasteiger charge is -2.03. The molecule has 9 heteroatoms. The van der Waals surface area contributed by atoms with Crippen molar-refractivity contribution in [1.82, 2.24) is 5.10 Å². The molecule has 106 valence electrons. The summed E-state index contributed by atoms with van der Waals surface area (Å²) in [7, 11) is 2.20. The maximum absolute atomic E-state index is 12.4. The molecule has 1 aliphatic heterocycles. The number of H-pyrrole nitrogens is 1. The van der Waals surface area contributed by atoms with Crippen molar-refractivity contribution >= 4 is 32.7 Å². The fourth-order valence-corrected chi connectivity index (χ4v) is 2.81. The molecule has 1 unspecified atom stereocenters. The Morgan fingerprint density at radius 1 is 1.24 bits per heavy atom. The molecule has 0 radical (unpaired) electrons. The molecule has 2 amide bonds. The highest BCUT2D eigenvalue weighted by atomic mass is 31.0. The zero-order chi connectivity index (χ0) is 15.3. The number of aromatic nitrogens is 2. The van der Waals surface area contributed by atoms with Crippen molar-refractivity contribution in [2.24, 2.45) is 0 Å². The minimum atomic E-state index is -0.620. The summed E-state index contributed by atoms with van der Waals surface area (Å²) in [5.74, 6) is -1.25. The Balaban J connectivity index is 2.23. The van der Waals surface area contributed by atoms with Gasteiger partial charge >= 0.3 is 23.3 Å². The van der Waals surface area contributed by atoms with Gasteiger partial charge in [-0.05, 0) is 19.1 Å². The number of aromatic amines is 1. The largest absolute Gasteiger partial charge is 0.394 e. The van der Waals surface area contributed by atoms with Gasteiger partial charge in [-0.3, -0.25) is 10.1 Å². The molecular formula is C12H10N4O4P+. The molecule has 21 heavy (non-hydrogen) atoms. The number of anilines is 1. The van der Waals surface area contributed by atoms with Crippen LogP contribution in [0.1, 0.15) is 26.4 Å². The van der Waals surface area contributed by atoms with Crippen LogP contribution in [-0.4, -0.2) is 21.8 Å². The minimum absolute atomic E-state index is 0.103. The second-order valence-electron chi connectivity index (χ2n) is 4.53. The topological polar surface area (TPSA) is 100 Å². The molecule has 0 aliphatic carbocycles. The van der Waals surface area contributed by atoms with Gasteiger partial charge in [-0.15, -0.1) is 9.35 Å². The average Bonchev–Trinajstić information content (AvgIpc) is 2.85. The number of nitro groups is 1. The number of carbonyl (C=O) groups excluding carboxylic acids is 2. The van der Waals surface area contributed by atoms with Gasteiger partial charge in [0.1, 0.15) is 5.69 Å². The van der Waals surface area contributed by atoms with Crippen LogP contribution in [0.3, 0.4) is 0 Å². The number of nitrogens with one attached hydrogen (secondary N) is 1. The first-order valence-corrected chi connectivity index (χ1v) is 6.47. The molecule has 0 saturated heterocycles. The maximum atomic E-state index is 12.4. The third kappa shape index (κ3) is 1.76. The zero-order valence-electron chi connectivity index (χ0n) is 10.9. The van der Waals surface area contributed by atoms with Crippen molar-refractivity contribution in [2.75, 3.05) is 4.90 Å². The Kier molecular flexibility index (Phi) is 2.84. The molecule has 0 fully saturated rings. The number of rotatable bonds is 2. The molecule has 1 N–H and O–H groups in total. The first-order valence-electron chi connectivity index (χ1n) is 5.95. The summed E-state index contributed by atoms with van der Waals surface area (Å²) in [5.41, 5.74) is 0.419. The lowest BCUT2D eigenvalue weighted by molar-refractivity contribution is -0.553. The number of imide groups is 1. The summed E-state index contributed by atoms with van der Waals surface area (Å²) in [6, 6.07) is 6.32. The highest BCUT2D eigenvalue weighted by Gasteiger charge is 2.50. The molecule has 2 heterocycles. The van der Waals surface area contributed by atoms with Crippen LogP contribution in [0.5, 0.6) is 0 Å². The van der Waals surface area contributed by atoms with Gasteiger partial charge in [-0.1, -0.05) is 12.1 Å². The second-order valence-corrected chi connectivity index (χ2v) is 5.04. The van der Waals surface area contributed by atoms with Gasteiger partial charge in [0.15, 0.2) is 0 Å². The summed E-state index contributed by atoms with van der Waals surface area (Å²) in [4.78, 5) is 36.2. The molecule has 0 bridgehead atoms. The Morgan fingerprint density at radius 2 is 1.76 bits per heavy atom. The van der Waals surface area contributed by atoms with Crippen LogP contribution in [-0.2, 0) is 0 Å². The number of hydrogen-bond donors (Lipinski definition) is 1. The van der Waals surface area contributed by atoms with Gasteiger partial charge in [-0.25, -0.2) is 14.7 Å². The summed E-state index contributed by atoms with van der Waals surface area (Å²) < 4.78 is 1.22. The summed E-state index contributed by atoms with van der Waals surface area (Å²) in [5, 5.41) is 13.9. The van der Waals surface area contributed by atoms with E-state index in [1.165, 1.54) is 23.5 Å². The van der Waals surface area contributed by atoms with Crippen LogP contribution >= 0.6 is 9.39 Å². The number of fused-ring (bicyclic) bond motifs is 1. The Morgan fingerprint density at radius 3 is 2.24 bits per heavy atom. The van der Waals surface area contributed by atoms with Crippen LogP contribution in [0.15, 0.2) is 24.3 Å².